The van der Waals surface area contributed by atoms with Gasteiger partial charge in [-0.15, -0.1) is 0 Å². The Kier molecular flexibility index (Phi) is 6.09. The largest absolute Gasteiger partial charge is 0.496 e. The van der Waals surface area contributed by atoms with Crippen LogP contribution in [0.4, 0.5) is 11.5 Å². The molecule has 0 fully saturated rings. The van der Waals surface area contributed by atoms with Crippen molar-refractivity contribution in [2.75, 3.05) is 31.4 Å². The standard InChI is InChI=1S/C24H31N7O2/c1-6-31-14-18(13-29-31)16-7-8-19(20(11-16)32-4)24(25)28-12-17-9-10-26-22(21(17)30-24)27-15-23(2,3)33-5/h7-14,30H,6,15,25H2,1-5H3,(H,26,27). The lowest BCUT2D eigenvalue weighted by Gasteiger charge is -2.34. The van der Waals surface area contributed by atoms with Gasteiger partial charge in [-0.05, 0) is 44.5 Å². The van der Waals surface area contributed by atoms with Crippen LogP contribution in [-0.2, 0) is 17.1 Å². The fourth-order valence-corrected chi connectivity index (χ4v) is 3.62. The van der Waals surface area contributed by atoms with E-state index in [4.69, 9.17) is 15.2 Å². The molecule has 1 unspecified atom stereocenters. The monoisotopic (exact) mass is 449 g/mol. The maximum absolute atomic E-state index is 6.78. The summed E-state index contributed by atoms with van der Waals surface area (Å²) < 4.78 is 13.1. The summed E-state index contributed by atoms with van der Waals surface area (Å²) in [7, 11) is 3.32. The van der Waals surface area contributed by atoms with Gasteiger partial charge in [0, 0.05) is 49.9 Å². The molecule has 3 aromatic rings. The van der Waals surface area contributed by atoms with E-state index in [0.29, 0.717) is 23.7 Å². The summed E-state index contributed by atoms with van der Waals surface area (Å²) in [5.74, 6) is 0.0909. The number of nitrogens with two attached hydrogens (primary N) is 1. The van der Waals surface area contributed by atoms with Crippen molar-refractivity contribution < 1.29 is 9.47 Å². The molecule has 1 aliphatic rings. The Morgan fingerprint density at radius 1 is 1.21 bits per heavy atom. The third-order valence-electron chi connectivity index (χ3n) is 5.84. The Labute approximate surface area is 194 Å². The number of hydrogen-bond donors (Lipinski definition) is 3. The molecule has 0 spiro atoms. The van der Waals surface area contributed by atoms with Gasteiger partial charge in [-0.2, -0.15) is 5.10 Å². The van der Waals surface area contributed by atoms with Crippen LogP contribution in [0.2, 0.25) is 0 Å². The van der Waals surface area contributed by atoms with Gasteiger partial charge >= 0.3 is 0 Å². The summed E-state index contributed by atoms with van der Waals surface area (Å²) in [5.41, 5.74) is 10.8. The molecule has 33 heavy (non-hydrogen) atoms. The van der Waals surface area contributed by atoms with Crippen molar-refractivity contribution in [2.45, 2.75) is 38.7 Å². The number of fused-ring (bicyclic) bond motifs is 1. The van der Waals surface area contributed by atoms with Gasteiger partial charge in [0.1, 0.15) is 11.6 Å². The molecule has 2 aromatic heterocycles. The Morgan fingerprint density at radius 2 is 2.03 bits per heavy atom. The molecule has 0 amide bonds. The van der Waals surface area contributed by atoms with Crippen LogP contribution in [0.5, 0.6) is 5.75 Å². The van der Waals surface area contributed by atoms with Gasteiger partial charge < -0.3 is 20.1 Å². The van der Waals surface area contributed by atoms with E-state index < -0.39 is 5.79 Å². The molecule has 9 nitrogen and oxygen atoms in total. The van der Waals surface area contributed by atoms with E-state index in [0.717, 1.165) is 28.9 Å². The molecule has 0 saturated carbocycles. The molecule has 0 saturated heterocycles. The fourth-order valence-electron chi connectivity index (χ4n) is 3.62. The molecule has 0 aliphatic carbocycles. The fraction of sp³-hybridized carbons (Fsp3) is 0.375. The summed E-state index contributed by atoms with van der Waals surface area (Å²) in [6.07, 6.45) is 7.35. The van der Waals surface area contributed by atoms with Gasteiger partial charge in [-0.1, -0.05) is 6.07 Å². The van der Waals surface area contributed by atoms with Crippen LogP contribution < -0.4 is 21.1 Å². The number of ether oxygens (including phenoxy) is 2. The second-order valence-electron chi connectivity index (χ2n) is 8.59. The molecule has 4 rings (SSSR count). The first-order valence-corrected chi connectivity index (χ1v) is 10.9. The van der Waals surface area contributed by atoms with Crippen LogP contribution in [0.1, 0.15) is 31.9 Å². The van der Waals surface area contributed by atoms with Gasteiger partial charge in [0.05, 0.1) is 30.2 Å². The number of anilines is 2. The van der Waals surface area contributed by atoms with Gasteiger partial charge in [-0.25, -0.2) is 9.98 Å². The minimum Gasteiger partial charge on any atom is -0.496 e. The number of benzene rings is 1. The maximum atomic E-state index is 6.78. The molecule has 0 bridgehead atoms. The van der Waals surface area contributed by atoms with E-state index in [1.54, 1.807) is 26.6 Å². The second-order valence-corrected chi connectivity index (χ2v) is 8.59. The van der Waals surface area contributed by atoms with Crippen molar-refractivity contribution in [3.05, 3.63) is 54.0 Å². The second kappa shape index (κ2) is 8.84. The van der Waals surface area contributed by atoms with Crippen LogP contribution >= 0.6 is 0 Å². The summed E-state index contributed by atoms with van der Waals surface area (Å²) in [6, 6.07) is 7.78. The third kappa shape index (κ3) is 4.55. The zero-order valence-corrected chi connectivity index (χ0v) is 19.7. The summed E-state index contributed by atoms with van der Waals surface area (Å²) >= 11 is 0. The zero-order chi connectivity index (χ0) is 23.6. The average molecular weight is 450 g/mol. The molecular weight excluding hydrogens is 418 g/mol. The number of nitrogens with zero attached hydrogens (tertiary/aromatic N) is 4. The molecule has 174 valence electrons. The number of rotatable bonds is 8. The molecule has 1 aromatic carbocycles. The third-order valence-corrected chi connectivity index (χ3v) is 5.84. The molecule has 9 heteroatoms. The predicted octanol–water partition coefficient (Wildman–Crippen LogP) is 3.42. The van der Waals surface area contributed by atoms with Crippen molar-refractivity contribution in [1.82, 2.24) is 14.8 Å². The van der Waals surface area contributed by atoms with E-state index in [2.05, 4.69) is 32.6 Å². The van der Waals surface area contributed by atoms with Gasteiger partial charge in [0.15, 0.2) is 0 Å². The lowest BCUT2D eigenvalue weighted by Crippen LogP contribution is -2.45. The number of aryl methyl sites for hydroxylation is 1. The number of methoxy groups -OCH3 is 2. The van der Waals surface area contributed by atoms with Crippen LogP contribution in [0.25, 0.3) is 11.1 Å². The Bertz CT molecular complexity index is 1170. The molecule has 4 N–H and O–H groups in total. The summed E-state index contributed by atoms with van der Waals surface area (Å²) in [6.45, 7) is 7.46. The van der Waals surface area contributed by atoms with Crippen molar-refractivity contribution >= 4 is 17.7 Å². The van der Waals surface area contributed by atoms with Gasteiger partial charge in [-0.3, -0.25) is 10.4 Å². The Balaban J connectivity index is 1.66. The Morgan fingerprint density at radius 3 is 2.73 bits per heavy atom. The lowest BCUT2D eigenvalue weighted by atomic mass is 10.00. The number of aliphatic imine (C=N–C) groups is 1. The molecular formula is C24H31N7O2. The van der Waals surface area contributed by atoms with Gasteiger partial charge in [0.2, 0.25) is 5.79 Å². The predicted molar refractivity (Wildman–Crippen MR) is 131 cm³/mol. The SMILES string of the molecule is CCn1cc(-c2ccc(C3(N)N=Cc4ccnc(NCC(C)(C)OC)c4N3)c(OC)c2)cn1. The van der Waals surface area contributed by atoms with Crippen molar-refractivity contribution in [3.8, 4) is 16.9 Å². The number of nitrogens with one attached hydrogen (secondary N) is 2. The van der Waals surface area contributed by atoms with Crippen molar-refractivity contribution in [2.24, 2.45) is 10.7 Å². The highest BCUT2D eigenvalue weighted by Gasteiger charge is 2.34. The minimum atomic E-state index is -1.22. The first kappa shape index (κ1) is 22.8. The van der Waals surface area contributed by atoms with Crippen LogP contribution in [0.15, 0.2) is 47.8 Å². The van der Waals surface area contributed by atoms with Crippen LogP contribution in [0.3, 0.4) is 0 Å². The van der Waals surface area contributed by atoms with E-state index in [-0.39, 0.29) is 5.60 Å². The molecule has 1 aliphatic heterocycles. The smallest absolute Gasteiger partial charge is 0.212 e. The summed E-state index contributed by atoms with van der Waals surface area (Å²) in [5, 5.41) is 11.1. The highest BCUT2D eigenvalue weighted by atomic mass is 16.5. The van der Waals surface area contributed by atoms with E-state index >= 15 is 0 Å². The summed E-state index contributed by atoms with van der Waals surface area (Å²) in [4.78, 5) is 9.14. The topological polar surface area (TPSA) is 112 Å². The van der Waals surface area contributed by atoms with Gasteiger partial charge in [0.25, 0.3) is 0 Å². The number of hydrogen-bond acceptors (Lipinski definition) is 8. The maximum Gasteiger partial charge on any atom is 0.212 e. The zero-order valence-electron chi connectivity index (χ0n) is 19.7. The molecule has 1 atom stereocenters. The normalized spacial score (nSPS) is 17.4. The van der Waals surface area contributed by atoms with Crippen molar-refractivity contribution in [1.29, 1.82) is 0 Å². The lowest BCUT2D eigenvalue weighted by molar-refractivity contribution is 0.0343. The highest BCUT2D eigenvalue weighted by molar-refractivity contribution is 5.94. The van der Waals surface area contributed by atoms with Crippen LogP contribution in [0, 0.1) is 0 Å². The average Bonchev–Trinajstić information content (AvgIpc) is 3.32. The first-order chi connectivity index (χ1) is 15.8. The quantitative estimate of drug-likeness (QED) is 0.483. The van der Waals surface area contributed by atoms with Crippen molar-refractivity contribution in [3.63, 3.8) is 0 Å². The first-order valence-electron chi connectivity index (χ1n) is 10.9. The number of pyridine rings is 1. The minimum absolute atomic E-state index is 0.350. The van der Waals surface area contributed by atoms with E-state index in [9.17, 15) is 0 Å². The number of aromatic nitrogens is 3. The molecule has 0 radical (unpaired) electrons. The molecule has 3 heterocycles. The van der Waals surface area contributed by atoms with E-state index in [1.165, 1.54) is 0 Å². The van der Waals surface area contributed by atoms with E-state index in [1.807, 2.05) is 55.2 Å². The highest BCUT2D eigenvalue weighted by Crippen LogP contribution is 2.38. The van der Waals surface area contributed by atoms with Crippen LogP contribution in [-0.4, -0.2) is 47.3 Å². The Hall–Kier alpha value is -3.43.